The van der Waals surface area contributed by atoms with Gasteiger partial charge in [0.05, 0.1) is 11.2 Å². The van der Waals surface area contributed by atoms with Crippen molar-refractivity contribution < 1.29 is 29.8 Å². The molecule has 6 nitrogen and oxygen atoms in total. The fourth-order valence-electron chi connectivity index (χ4n) is 2.28. The van der Waals surface area contributed by atoms with Crippen molar-refractivity contribution in [1.82, 2.24) is 0 Å². The van der Waals surface area contributed by atoms with Crippen molar-refractivity contribution in [1.29, 1.82) is 0 Å². The van der Waals surface area contributed by atoms with Crippen LogP contribution in [-0.4, -0.2) is 28.7 Å². The van der Waals surface area contributed by atoms with Gasteiger partial charge in [0.2, 0.25) is 0 Å². The van der Waals surface area contributed by atoms with Crippen LogP contribution in [0.4, 0.5) is 5.69 Å². The maximum atomic E-state index is 11.6. The summed E-state index contributed by atoms with van der Waals surface area (Å²) in [6.07, 6.45) is -0.227. The van der Waals surface area contributed by atoms with Crippen molar-refractivity contribution >= 4 is 75.7 Å². The van der Waals surface area contributed by atoms with E-state index in [1.165, 1.54) is 36.4 Å². The van der Waals surface area contributed by atoms with Crippen LogP contribution in [0.5, 0.6) is 0 Å². The highest BCUT2D eigenvalue weighted by molar-refractivity contribution is 6.36. The van der Waals surface area contributed by atoms with E-state index in [2.05, 4.69) is 0 Å². The van der Waals surface area contributed by atoms with Gasteiger partial charge in [0.1, 0.15) is 0 Å². The molecule has 3 rings (SSSR count). The fourth-order valence-corrected chi connectivity index (χ4v) is 3.37. The molecule has 31 heavy (non-hydrogen) atoms. The van der Waals surface area contributed by atoms with Gasteiger partial charge in [-0.2, -0.15) is 0 Å². The second kappa shape index (κ2) is 11.1. The molecular formula is C21H13Cl4NO5. The number of imide groups is 1. The van der Waals surface area contributed by atoms with Crippen LogP contribution in [-0.2, 0) is 25.6 Å². The van der Waals surface area contributed by atoms with Gasteiger partial charge in [0, 0.05) is 44.7 Å². The summed E-state index contributed by atoms with van der Waals surface area (Å²) < 4.78 is 28.9. The number of carboxylic acid groups (broad SMARTS) is 1. The normalized spacial score (nSPS) is 15.9. The molecule has 1 aliphatic rings. The van der Waals surface area contributed by atoms with Crippen molar-refractivity contribution in [2.24, 2.45) is 0 Å². The van der Waals surface area contributed by atoms with E-state index in [9.17, 15) is 19.2 Å². The van der Waals surface area contributed by atoms with Crippen LogP contribution in [0.1, 0.15) is 11.0 Å². The average Bonchev–Trinajstić information content (AvgIpc) is 2.94. The number of carbonyl (C=O) groups excluding carboxylic acids is 3. The number of anilines is 1. The Morgan fingerprint density at radius 2 is 1.32 bits per heavy atom. The quantitative estimate of drug-likeness (QED) is 0.448. The Balaban J connectivity index is 0.000000247. The maximum Gasteiger partial charge on any atom is 0.328 e. The molecule has 160 valence electrons. The van der Waals surface area contributed by atoms with Gasteiger partial charge in [-0.05, 0) is 48.0 Å². The van der Waals surface area contributed by atoms with E-state index in [-0.39, 0.29) is 22.2 Å². The van der Waals surface area contributed by atoms with Crippen LogP contribution in [0.3, 0.4) is 0 Å². The first-order valence-electron chi connectivity index (χ1n) is 10.1. The summed E-state index contributed by atoms with van der Waals surface area (Å²) in [5.74, 6) is -4.09. The maximum absolute atomic E-state index is 11.6. The summed E-state index contributed by atoms with van der Waals surface area (Å²) >= 11 is 23.0. The number of benzene rings is 2. The molecule has 0 bridgehead atoms. The minimum Gasteiger partial charge on any atom is -0.478 e. The Hall–Kier alpha value is -2.64. The number of hydrogen-bond donors (Lipinski definition) is 1. The number of rotatable bonds is 5. The molecule has 10 heteroatoms. The lowest BCUT2D eigenvalue weighted by atomic mass is 10.1. The van der Waals surface area contributed by atoms with E-state index in [1.54, 1.807) is 0 Å². The van der Waals surface area contributed by atoms with E-state index in [0.29, 0.717) is 20.5 Å². The minimum atomic E-state index is -1.61. The van der Waals surface area contributed by atoms with E-state index < -0.39 is 47.8 Å². The number of hydrogen-bond acceptors (Lipinski definition) is 4. The number of carboxylic acids is 1. The Bertz CT molecular complexity index is 1250. The van der Waals surface area contributed by atoms with Crippen molar-refractivity contribution in [2.45, 2.75) is 6.42 Å². The molecule has 2 aromatic carbocycles. The zero-order chi connectivity index (χ0) is 26.6. The molecule has 1 aliphatic heterocycles. The summed E-state index contributed by atoms with van der Waals surface area (Å²) in [6.45, 7) is 0. The summed E-state index contributed by atoms with van der Waals surface area (Å²) in [5, 5.41) is 9.70. The number of nitrogens with zero attached hydrogens (tertiary/aromatic N) is 1. The predicted molar refractivity (Wildman–Crippen MR) is 120 cm³/mol. The molecule has 1 heterocycles. The number of amides is 2. The van der Waals surface area contributed by atoms with E-state index in [4.69, 9.17) is 57.0 Å². The van der Waals surface area contributed by atoms with E-state index in [0.717, 1.165) is 0 Å². The minimum absolute atomic E-state index is 0.157. The molecule has 0 aromatic heterocycles. The van der Waals surface area contributed by atoms with Crippen LogP contribution in [0.2, 0.25) is 20.1 Å². The molecule has 0 saturated carbocycles. The van der Waals surface area contributed by atoms with Crippen LogP contribution in [0, 0.1) is 0 Å². The molecule has 2 amide bonds. The van der Waals surface area contributed by atoms with Crippen LogP contribution in [0.15, 0.2) is 60.6 Å². The molecule has 0 spiro atoms. The molecule has 0 aliphatic carbocycles. The second-order valence-corrected chi connectivity index (χ2v) is 7.50. The van der Waals surface area contributed by atoms with Gasteiger partial charge in [0.25, 0.3) is 11.8 Å². The monoisotopic (exact) mass is 503 g/mol. The number of allylic oxidation sites excluding steroid dienone is 1. The van der Waals surface area contributed by atoms with Crippen LogP contribution in [0.25, 0.3) is 0 Å². The van der Waals surface area contributed by atoms with Gasteiger partial charge in [-0.3, -0.25) is 14.4 Å². The SMILES string of the molecule is [2H]/C(C(=O)O)=C(/[2H])C(=O)Cc1cc(Cl)cc(Cl)c1.[2H]C1=C([2H])C(=O)N(c2cc(Cl)cc(Cl)c2)C1=O. The Morgan fingerprint density at radius 3 is 1.77 bits per heavy atom. The van der Waals surface area contributed by atoms with Gasteiger partial charge in [0.15, 0.2) is 5.78 Å². The molecule has 1 N–H and O–H groups in total. The third-order valence-electron chi connectivity index (χ3n) is 3.38. The van der Waals surface area contributed by atoms with Gasteiger partial charge in [-0.25, -0.2) is 9.69 Å². The average molecular weight is 505 g/mol. The molecule has 0 unspecified atom stereocenters. The van der Waals surface area contributed by atoms with Crippen LogP contribution >= 0.6 is 46.4 Å². The highest BCUT2D eigenvalue weighted by Crippen LogP contribution is 2.27. The summed E-state index contributed by atoms with van der Waals surface area (Å²) in [6, 6.07) is 5.51. The van der Waals surface area contributed by atoms with Crippen molar-refractivity contribution in [3.8, 4) is 0 Å². The van der Waals surface area contributed by atoms with Crippen molar-refractivity contribution in [2.75, 3.05) is 4.90 Å². The number of aliphatic carboxylic acids is 1. The first-order chi connectivity index (χ1) is 16.2. The summed E-state index contributed by atoms with van der Waals surface area (Å²) in [5.41, 5.74) is 0.616. The number of ketones is 1. The molecule has 0 radical (unpaired) electrons. The Kier molecular flexibility index (Phi) is 6.84. The lowest BCUT2D eigenvalue weighted by Crippen LogP contribution is -2.29. The molecule has 2 aromatic rings. The summed E-state index contributed by atoms with van der Waals surface area (Å²) in [4.78, 5) is 45.9. The van der Waals surface area contributed by atoms with Crippen LogP contribution < -0.4 is 4.90 Å². The highest BCUT2D eigenvalue weighted by Gasteiger charge is 2.25. The Morgan fingerprint density at radius 1 is 0.871 bits per heavy atom. The van der Waals surface area contributed by atoms with Crippen molar-refractivity contribution in [3.63, 3.8) is 0 Å². The smallest absolute Gasteiger partial charge is 0.328 e. The topological polar surface area (TPSA) is 91.8 Å². The first-order valence-corrected chi connectivity index (χ1v) is 9.65. The molecule has 0 atom stereocenters. The number of halogens is 4. The molecule has 0 saturated heterocycles. The third kappa shape index (κ3) is 7.84. The zero-order valence-electron chi connectivity index (χ0n) is 19.2. The van der Waals surface area contributed by atoms with Gasteiger partial charge < -0.3 is 5.11 Å². The van der Waals surface area contributed by atoms with Gasteiger partial charge in [-0.1, -0.05) is 46.4 Å². The number of carbonyl (C=O) groups is 4. The standard InChI is InChI=1S/C11H8Cl2O3.C10H5Cl2NO2/c12-8-3-7(4-9(13)6-8)5-10(14)1-2-11(15)16;11-6-3-7(12)5-8(4-6)13-9(14)1-2-10(13)15/h1-4,6H,5H2,(H,15,16);1-5H/b2-1+;/i2*1D,2D. The van der Waals surface area contributed by atoms with Gasteiger partial charge in [-0.15, -0.1) is 0 Å². The first kappa shape index (κ1) is 19.1. The Labute approximate surface area is 202 Å². The summed E-state index contributed by atoms with van der Waals surface area (Å²) in [7, 11) is 0. The third-order valence-corrected chi connectivity index (χ3v) is 4.26. The van der Waals surface area contributed by atoms with E-state index in [1.807, 2.05) is 0 Å². The second-order valence-electron chi connectivity index (χ2n) is 5.76. The van der Waals surface area contributed by atoms with Crippen molar-refractivity contribution in [3.05, 3.63) is 86.3 Å². The van der Waals surface area contributed by atoms with E-state index >= 15 is 0 Å². The molecular weight excluding hydrogens is 488 g/mol. The zero-order valence-corrected chi connectivity index (χ0v) is 18.2. The molecule has 0 fully saturated rings. The van der Waals surface area contributed by atoms with Gasteiger partial charge >= 0.3 is 5.97 Å². The predicted octanol–water partition coefficient (Wildman–Crippen LogP) is 5.17. The fraction of sp³-hybridized carbons (Fsp3) is 0.0476. The lowest BCUT2D eigenvalue weighted by Gasteiger charge is -2.14. The highest BCUT2D eigenvalue weighted by atomic mass is 35.5. The lowest BCUT2D eigenvalue weighted by molar-refractivity contribution is -0.131. The largest absolute Gasteiger partial charge is 0.478 e.